The van der Waals surface area contributed by atoms with E-state index < -0.39 is 0 Å². The molecule has 0 saturated heterocycles. The highest BCUT2D eigenvalue weighted by molar-refractivity contribution is 5.94. The molecule has 0 aliphatic rings. The summed E-state index contributed by atoms with van der Waals surface area (Å²) in [5, 5.41) is 3.21. The van der Waals surface area contributed by atoms with Gasteiger partial charge in [-0.2, -0.15) is 0 Å². The summed E-state index contributed by atoms with van der Waals surface area (Å²) in [4.78, 5) is 19.0. The van der Waals surface area contributed by atoms with Crippen LogP contribution in [0.25, 0.3) is 0 Å². The van der Waals surface area contributed by atoms with Gasteiger partial charge in [-0.15, -0.1) is 0 Å². The van der Waals surface area contributed by atoms with Crippen LogP contribution in [0.1, 0.15) is 63.0 Å². The number of carbonyl (C=O) groups excluding carboxylic acids is 1. The molecule has 0 fully saturated rings. The molecule has 1 aromatic rings. The number of amides is 1. The molecule has 1 heterocycles. The molecule has 0 aliphatic carbocycles. The minimum Gasteiger partial charge on any atom is -0.370 e. The molecular weight excluding hydrogens is 262 g/mol. The molecule has 21 heavy (non-hydrogen) atoms. The van der Waals surface area contributed by atoms with Crippen molar-refractivity contribution < 1.29 is 4.79 Å². The molecule has 0 spiro atoms. The lowest BCUT2D eigenvalue weighted by molar-refractivity contribution is 0.0774. The van der Waals surface area contributed by atoms with Gasteiger partial charge < -0.3 is 10.2 Å². The van der Waals surface area contributed by atoms with E-state index in [9.17, 15) is 4.79 Å². The maximum atomic E-state index is 12.6. The van der Waals surface area contributed by atoms with Gasteiger partial charge >= 0.3 is 0 Å². The molecule has 1 rings (SSSR count). The van der Waals surface area contributed by atoms with Crippen LogP contribution in [0.2, 0.25) is 0 Å². The van der Waals surface area contributed by atoms with Crippen molar-refractivity contribution in [1.29, 1.82) is 0 Å². The van der Waals surface area contributed by atoms with Crippen molar-refractivity contribution in [2.24, 2.45) is 5.92 Å². The van der Waals surface area contributed by atoms with Crippen molar-refractivity contribution in [2.45, 2.75) is 47.0 Å². The fourth-order valence-electron chi connectivity index (χ4n) is 2.14. The van der Waals surface area contributed by atoms with E-state index in [1.807, 2.05) is 31.0 Å². The zero-order chi connectivity index (χ0) is 16.0. The third-order valence-electron chi connectivity index (χ3n) is 3.67. The third-order valence-corrected chi connectivity index (χ3v) is 3.67. The van der Waals surface area contributed by atoms with Gasteiger partial charge in [-0.3, -0.25) is 4.79 Å². The molecule has 0 saturated carbocycles. The van der Waals surface area contributed by atoms with Crippen LogP contribution in [0, 0.1) is 5.92 Å². The Morgan fingerprint density at radius 3 is 2.48 bits per heavy atom. The van der Waals surface area contributed by atoms with E-state index in [0.717, 1.165) is 36.6 Å². The molecule has 0 radical (unpaired) electrons. The molecule has 1 atom stereocenters. The third kappa shape index (κ3) is 5.03. The second kappa shape index (κ2) is 8.01. The van der Waals surface area contributed by atoms with Crippen molar-refractivity contribution in [3.63, 3.8) is 0 Å². The molecule has 1 amide bonds. The Hall–Kier alpha value is -1.58. The maximum absolute atomic E-state index is 12.6. The molecule has 1 N–H and O–H groups in total. The molecule has 0 aromatic carbocycles. The summed E-state index contributed by atoms with van der Waals surface area (Å²) in [6, 6.07) is 3.77. The number of hydrogen-bond acceptors (Lipinski definition) is 3. The fourth-order valence-corrected chi connectivity index (χ4v) is 2.14. The number of rotatable bonds is 7. The first-order chi connectivity index (χ1) is 9.88. The van der Waals surface area contributed by atoms with Gasteiger partial charge in [0.1, 0.15) is 5.82 Å². The largest absolute Gasteiger partial charge is 0.370 e. The van der Waals surface area contributed by atoms with Crippen LogP contribution in [-0.2, 0) is 0 Å². The van der Waals surface area contributed by atoms with Crippen LogP contribution >= 0.6 is 0 Å². The summed E-state index contributed by atoms with van der Waals surface area (Å²) in [7, 11) is 1.87. The molecule has 118 valence electrons. The van der Waals surface area contributed by atoms with E-state index in [-0.39, 0.29) is 5.91 Å². The van der Waals surface area contributed by atoms with E-state index in [4.69, 9.17) is 0 Å². The van der Waals surface area contributed by atoms with Gasteiger partial charge in [0.05, 0.1) is 0 Å². The molecular formula is C17H29N3O. The quantitative estimate of drug-likeness (QED) is 0.832. The van der Waals surface area contributed by atoms with E-state index in [1.54, 1.807) is 0 Å². The zero-order valence-corrected chi connectivity index (χ0v) is 14.2. The van der Waals surface area contributed by atoms with Crippen LogP contribution in [0.5, 0.6) is 0 Å². The van der Waals surface area contributed by atoms with Crippen molar-refractivity contribution in [3.8, 4) is 0 Å². The fraction of sp³-hybridized carbons (Fsp3) is 0.647. The van der Waals surface area contributed by atoms with Crippen molar-refractivity contribution in [1.82, 2.24) is 9.88 Å². The molecule has 1 aromatic heterocycles. The highest BCUT2D eigenvalue weighted by atomic mass is 16.2. The summed E-state index contributed by atoms with van der Waals surface area (Å²) in [5.41, 5.74) is 1.67. The standard InChI is InChI=1S/C17H29N3O/c1-7-13(5)11-20(6)17(21)14-9-15(12(3)4)19-16(10-14)18-8-2/h9-10,12-13H,7-8,11H2,1-6H3,(H,18,19). The van der Waals surface area contributed by atoms with E-state index >= 15 is 0 Å². The van der Waals surface area contributed by atoms with E-state index in [2.05, 4.69) is 38.0 Å². The van der Waals surface area contributed by atoms with Crippen molar-refractivity contribution in [3.05, 3.63) is 23.4 Å². The summed E-state index contributed by atoms with van der Waals surface area (Å²) in [6.45, 7) is 12.1. The van der Waals surface area contributed by atoms with Gasteiger partial charge in [-0.25, -0.2) is 4.98 Å². The van der Waals surface area contributed by atoms with E-state index in [1.165, 1.54) is 0 Å². The minimum absolute atomic E-state index is 0.0683. The van der Waals surface area contributed by atoms with Gasteiger partial charge in [0.15, 0.2) is 0 Å². The van der Waals surface area contributed by atoms with Gasteiger partial charge in [-0.05, 0) is 30.9 Å². The number of hydrogen-bond donors (Lipinski definition) is 1. The maximum Gasteiger partial charge on any atom is 0.253 e. The Kier molecular flexibility index (Phi) is 6.66. The Labute approximate surface area is 129 Å². The minimum atomic E-state index is 0.0683. The van der Waals surface area contributed by atoms with Crippen molar-refractivity contribution >= 4 is 11.7 Å². The highest BCUT2D eigenvalue weighted by Gasteiger charge is 2.16. The normalized spacial score (nSPS) is 12.3. The van der Waals surface area contributed by atoms with Gasteiger partial charge in [0.2, 0.25) is 0 Å². The number of nitrogens with one attached hydrogen (secondary N) is 1. The number of pyridine rings is 1. The van der Waals surface area contributed by atoms with Crippen LogP contribution in [0.15, 0.2) is 12.1 Å². The van der Waals surface area contributed by atoms with Crippen molar-refractivity contribution in [2.75, 3.05) is 25.5 Å². The first-order valence-electron chi connectivity index (χ1n) is 7.90. The molecule has 4 heteroatoms. The average molecular weight is 291 g/mol. The molecule has 0 aliphatic heterocycles. The topological polar surface area (TPSA) is 45.2 Å². The lowest BCUT2D eigenvalue weighted by atomic mass is 10.1. The number of nitrogens with zero attached hydrogens (tertiary/aromatic N) is 2. The highest BCUT2D eigenvalue weighted by Crippen LogP contribution is 2.19. The number of aromatic nitrogens is 1. The first kappa shape index (κ1) is 17.5. The van der Waals surface area contributed by atoms with Gasteiger partial charge in [-0.1, -0.05) is 34.1 Å². The second-order valence-electron chi connectivity index (χ2n) is 6.05. The van der Waals surface area contributed by atoms with E-state index in [0.29, 0.717) is 11.8 Å². The number of carbonyl (C=O) groups is 1. The molecule has 1 unspecified atom stereocenters. The van der Waals surface area contributed by atoms with Gasteiger partial charge in [0, 0.05) is 31.4 Å². The smallest absolute Gasteiger partial charge is 0.253 e. The number of anilines is 1. The van der Waals surface area contributed by atoms with Crippen LogP contribution in [-0.4, -0.2) is 35.9 Å². The zero-order valence-electron chi connectivity index (χ0n) is 14.2. The van der Waals surface area contributed by atoms with Gasteiger partial charge in [0.25, 0.3) is 5.91 Å². The predicted molar refractivity (Wildman–Crippen MR) is 88.9 cm³/mol. The molecule has 4 nitrogen and oxygen atoms in total. The first-order valence-corrected chi connectivity index (χ1v) is 7.90. The summed E-state index contributed by atoms with van der Waals surface area (Å²) >= 11 is 0. The van der Waals surface area contributed by atoms with Crippen LogP contribution < -0.4 is 5.32 Å². The summed E-state index contributed by atoms with van der Waals surface area (Å²) in [6.07, 6.45) is 1.08. The monoisotopic (exact) mass is 291 g/mol. The second-order valence-corrected chi connectivity index (χ2v) is 6.05. The average Bonchev–Trinajstić information content (AvgIpc) is 2.46. The Morgan fingerprint density at radius 1 is 1.29 bits per heavy atom. The summed E-state index contributed by atoms with van der Waals surface area (Å²) < 4.78 is 0. The summed E-state index contributed by atoms with van der Waals surface area (Å²) in [5.74, 6) is 1.66. The molecule has 0 bridgehead atoms. The SMILES string of the molecule is CCNc1cc(C(=O)N(C)CC(C)CC)cc(C(C)C)n1. The van der Waals surface area contributed by atoms with Crippen LogP contribution in [0.4, 0.5) is 5.82 Å². The van der Waals surface area contributed by atoms with Crippen LogP contribution in [0.3, 0.4) is 0 Å². The Bertz CT molecular complexity index is 471. The lowest BCUT2D eigenvalue weighted by Crippen LogP contribution is -2.31. The lowest BCUT2D eigenvalue weighted by Gasteiger charge is -2.21. The Morgan fingerprint density at radius 2 is 1.95 bits per heavy atom. The predicted octanol–water partition coefficient (Wildman–Crippen LogP) is 3.75. The Balaban J connectivity index is 3.01.